The Bertz CT molecular complexity index is 1250. The lowest BCUT2D eigenvalue weighted by Crippen LogP contribution is -2.39. The lowest BCUT2D eigenvalue weighted by atomic mass is 9.99. The molecule has 4 rings (SSSR count). The maximum absolute atomic E-state index is 13.4. The van der Waals surface area contributed by atoms with Crippen LogP contribution >= 0.6 is 11.3 Å². The van der Waals surface area contributed by atoms with E-state index >= 15 is 0 Å². The van der Waals surface area contributed by atoms with Gasteiger partial charge in [0.2, 0.25) is 5.91 Å². The van der Waals surface area contributed by atoms with E-state index in [4.69, 9.17) is 0 Å². The van der Waals surface area contributed by atoms with Crippen LogP contribution in [-0.2, 0) is 9.59 Å². The maximum Gasteiger partial charge on any atom is 0.305 e. The number of benzene rings is 1. The Morgan fingerprint density at radius 3 is 2.47 bits per heavy atom. The van der Waals surface area contributed by atoms with Gasteiger partial charge in [0.25, 0.3) is 5.56 Å². The Hall–Kier alpha value is -3.19. The van der Waals surface area contributed by atoms with Crippen molar-refractivity contribution < 1.29 is 14.7 Å². The summed E-state index contributed by atoms with van der Waals surface area (Å²) < 4.78 is 1.48. The van der Waals surface area contributed by atoms with Gasteiger partial charge in [0.1, 0.15) is 6.04 Å². The molecular weight excluding hydrogens is 448 g/mol. The van der Waals surface area contributed by atoms with Gasteiger partial charge < -0.3 is 15.0 Å². The van der Waals surface area contributed by atoms with E-state index in [-0.39, 0.29) is 17.9 Å². The highest BCUT2D eigenvalue weighted by molar-refractivity contribution is 7.13. The zero-order valence-corrected chi connectivity index (χ0v) is 20.5. The Kier molecular flexibility index (Phi) is 7.03. The molecule has 0 radical (unpaired) electrons. The summed E-state index contributed by atoms with van der Waals surface area (Å²) in [6.07, 6.45) is 4.11. The first-order valence-corrected chi connectivity index (χ1v) is 12.5. The van der Waals surface area contributed by atoms with Crippen LogP contribution in [0.4, 0.5) is 0 Å². The van der Waals surface area contributed by atoms with Crippen molar-refractivity contribution in [1.82, 2.24) is 9.88 Å². The molecule has 178 valence electrons. The molecule has 7 heteroatoms. The summed E-state index contributed by atoms with van der Waals surface area (Å²) in [4.78, 5) is 38.8. The molecule has 3 aromatic rings. The summed E-state index contributed by atoms with van der Waals surface area (Å²) in [5.74, 6) is -0.890. The number of amides is 1. The standard InChI is InChI=1S/C27H30N2O4S/c1-16-9-10-29(24(30)11-16)22(12-19-7-8-19)27(33)28-21(14-25(31)32)20-13-23(34-15-20)26-17(2)5-4-6-18(26)3/h4-6,9-11,13,15,19,21-22H,7-8,12,14H2,1-3H3,(H,28,33)(H,31,32)/t21-,22-/m1/s1. The van der Waals surface area contributed by atoms with Gasteiger partial charge in [0.05, 0.1) is 12.5 Å². The highest BCUT2D eigenvalue weighted by Gasteiger charge is 2.32. The molecule has 0 unspecified atom stereocenters. The van der Waals surface area contributed by atoms with Crippen LogP contribution < -0.4 is 10.9 Å². The van der Waals surface area contributed by atoms with Crippen LogP contribution in [0, 0.1) is 26.7 Å². The number of nitrogens with one attached hydrogen (secondary N) is 1. The van der Waals surface area contributed by atoms with Crippen LogP contribution in [0.2, 0.25) is 0 Å². The molecule has 6 nitrogen and oxygen atoms in total. The quantitative estimate of drug-likeness (QED) is 0.444. The van der Waals surface area contributed by atoms with Gasteiger partial charge in [-0.05, 0) is 78.4 Å². The van der Waals surface area contributed by atoms with Crippen LogP contribution in [0.3, 0.4) is 0 Å². The number of carboxylic acids is 1. The molecule has 1 saturated carbocycles. The SMILES string of the molecule is Cc1ccn([C@H](CC2CC2)C(=O)N[C@H](CC(=O)O)c2csc(-c3c(C)cccc3C)c2)c(=O)c1. The minimum absolute atomic E-state index is 0.219. The van der Waals surface area contributed by atoms with E-state index in [0.717, 1.165) is 45.5 Å². The van der Waals surface area contributed by atoms with Crippen LogP contribution in [0.5, 0.6) is 0 Å². The first-order chi connectivity index (χ1) is 16.2. The molecule has 0 bridgehead atoms. The number of carbonyl (C=O) groups is 2. The Balaban J connectivity index is 1.62. The molecule has 2 aromatic heterocycles. The van der Waals surface area contributed by atoms with Gasteiger partial charge in [-0.2, -0.15) is 0 Å². The number of hydrogen-bond acceptors (Lipinski definition) is 4. The van der Waals surface area contributed by atoms with Crippen molar-refractivity contribution in [3.8, 4) is 10.4 Å². The van der Waals surface area contributed by atoms with Crippen LogP contribution in [0.15, 0.2) is 52.8 Å². The third kappa shape index (κ3) is 5.47. The summed E-state index contributed by atoms with van der Waals surface area (Å²) in [7, 11) is 0. The van der Waals surface area contributed by atoms with E-state index < -0.39 is 18.1 Å². The van der Waals surface area contributed by atoms with Crippen molar-refractivity contribution in [3.63, 3.8) is 0 Å². The number of hydrogen-bond donors (Lipinski definition) is 2. The number of pyridine rings is 1. The second-order valence-corrected chi connectivity index (χ2v) is 10.2. The molecule has 34 heavy (non-hydrogen) atoms. The molecule has 0 aliphatic heterocycles. The molecule has 0 saturated heterocycles. The number of carboxylic acid groups (broad SMARTS) is 1. The molecule has 0 spiro atoms. The van der Waals surface area contributed by atoms with Gasteiger partial charge >= 0.3 is 5.97 Å². The lowest BCUT2D eigenvalue weighted by molar-refractivity contribution is -0.138. The fourth-order valence-electron chi connectivity index (χ4n) is 4.43. The fourth-order valence-corrected chi connectivity index (χ4v) is 5.56. The normalized spacial score (nSPS) is 15.0. The third-order valence-corrected chi connectivity index (χ3v) is 7.41. The molecule has 2 atom stereocenters. The number of rotatable bonds is 9. The van der Waals surface area contributed by atoms with Crippen LogP contribution in [0.1, 0.15) is 60.0 Å². The third-order valence-electron chi connectivity index (χ3n) is 6.44. The van der Waals surface area contributed by atoms with Crippen molar-refractivity contribution in [2.24, 2.45) is 5.92 Å². The lowest BCUT2D eigenvalue weighted by Gasteiger charge is -2.23. The van der Waals surface area contributed by atoms with E-state index in [1.54, 1.807) is 17.5 Å². The average molecular weight is 479 g/mol. The van der Waals surface area contributed by atoms with Gasteiger partial charge in [-0.1, -0.05) is 31.0 Å². The first-order valence-electron chi connectivity index (χ1n) is 11.6. The summed E-state index contributed by atoms with van der Waals surface area (Å²) in [5.41, 5.74) is 4.82. The zero-order valence-electron chi connectivity index (χ0n) is 19.7. The molecule has 1 amide bonds. The van der Waals surface area contributed by atoms with Gasteiger partial charge in [-0.25, -0.2) is 0 Å². The fraction of sp³-hybridized carbons (Fsp3) is 0.370. The summed E-state index contributed by atoms with van der Waals surface area (Å²) in [6.45, 7) is 5.95. The predicted octanol–water partition coefficient (Wildman–Crippen LogP) is 5.18. The zero-order chi connectivity index (χ0) is 24.4. The molecule has 1 aromatic carbocycles. The summed E-state index contributed by atoms with van der Waals surface area (Å²) in [5, 5.41) is 14.4. The summed E-state index contributed by atoms with van der Waals surface area (Å²) in [6, 6.07) is 10.1. The van der Waals surface area contributed by atoms with E-state index in [0.29, 0.717) is 12.3 Å². The number of nitrogens with zero attached hydrogens (tertiary/aromatic N) is 1. The maximum atomic E-state index is 13.4. The van der Waals surface area contributed by atoms with E-state index in [2.05, 4.69) is 31.3 Å². The van der Waals surface area contributed by atoms with Crippen molar-refractivity contribution in [2.75, 3.05) is 0 Å². The van der Waals surface area contributed by atoms with Gasteiger partial charge in [-0.15, -0.1) is 11.3 Å². The van der Waals surface area contributed by atoms with Gasteiger partial charge in [0, 0.05) is 17.1 Å². The van der Waals surface area contributed by atoms with E-state index in [1.807, 2.05) is 30.5 Å². The Morgan fingerprint density at radius 1 is 1.15 bits per heavy atom. The minimum atomic E-state index is -0.989. The number of aryl methyl sites for hydroxylation is 3. The Morgan fingerprint density at radius 2 is 1.85 bits per heavy atom. The molecular formula is C27H30N2O4S. The monoisotopic (exact) mass is 478 g/mol. The number of carbonyl (C=O) groups excluding carboxylic acids is 1. The molecule has 2 heterocycles. The van der Waals surface area contributed by atoms with Gasteiger partial charge in [-0.3, -0.25) is 14.4 Å². The smallest absolute Gasteiger partial charge is 0.305 e. The van der Waals surface area contributed by atoms with Gasteiger partial charge in [0.15, 0.2) is 0 Å². The predicted molar refractivity (Wildman–Crippen MR) is 134 cm³/mol. The van der Waals surface area contributed by atoms with Crippen LogP contribution in [-0.4, -0.2) is 21.6 Å². The Labute approximate surface area is 203 Å². The molecule has 1 aliphatic rings. The average Bonchev–Trinajstić information content (AvgIpc) is 3.46. The van der Waals surface area contributed by atoms with E-state index in [1.165, 1.54) is 10.6 Å². The number of aliphatic carboxylic acids is 1. The molecule has 1 fully saturated rings. The number of aromatic nitrogens is 1. The van der Waals surface area contributed by atoms with Crippen molar-refractivity contribution in [2.45, 2.75) is 58.5 Å². The summed E-state index contributed by atoms with van der Waals surface area (Å²) >= 11 is 1.54. The second-order valence-electron chi connectivity index (χ2n) is 9.31. The highest BCUT2D eigenvalue weighted by atomic mass is 32.1. The van der Waals surface area contributed by atoms with Crippen molar-refractivity contribution in [1.29, 1.82) is 0 Å². The van der Waals surface area contributed by atoms with Crippen LogP contribution in [0.25, 0.3) is 10.4 Å². The number of thiophene rings is 1. The van der Waals surface area contributed by atoms with Crippen molar-refractivity contribution in [3.05, 3.63) is 80.6 Å². The minimum Gasteiger partial charge on any atom is -0.481 e. The van der Waals surface area contributed by atoms with E-state index in [9.17, 15) is 19.5 Å². The molecule has 2 N–H and O–H groups in total. The first kappa shape index (κ1) is 24.0. The van der Waals surface area contributed by atoms with Crippen molar-refractivity contribution >= 4 is 23.2 Å². The highest BCUT2D eigenvalue weighted by Crippen LogP contribution is 2.38. The molecule has 1 aliphatic carbocycles. The topological polar surface area (TPSA) is 88.4 Å². The largest absolute Gasteiger partial charge is 0.481 e. The second kappa shape index (κ2) is 9.97.